The van der Waals surface area contributed by atoms with Gasteiger partial charge in [-0.2, -0.15) is 0 Å². The molecule has 3 aromatic carbocycles. The second kappa shape index (κ2) is 8.37. The molecule has 0 heterocycles. The van der Waals surface area contributed by atoms with Gasteiger partial charge >= 0.3 is 0 Å². The van der Waals surface area contributed by atoms with Gasteiger partial charge in [0.1, 0.15) is 0 Å². The number of para-hydroxylation sites is 1. The molecule has 0 fully saturated rings. The largest absolute Gasteiger partial charge is 0.396 e. The Morgan fingerprint density at radius 1 is 0.900 bits per heavy atom. The zero-order valence-corrected chi connectivity index (χ0v) is 17.5. The Balaban J connectivity index is 1.84. The van der Waals surface area contributed by atoms with Gasteiger partial charge in [-0.25, -0.2) is 0 Å². The van der Waals surface area contributed by atoms with Gasteiger partial charge in [-0.3, -0.25) is 9.59 Å². The minimum Gasteiger partial charge on any atom is -0.396 e. The highest BCUT2D eigenvalue weighted by atomic mass is 16.1. The summed E-state index contributed by atoms with van der Waals surface area (Å²) in [6, 6.07) is 19.7. The van der Waals surface area contributed by atoms with E-state index in [9.17, 15) is 9.59 Å². The van der Waals surface area contributed by atoms with Crippen molar-refractivity contribution in [2.24, 2.45) is 0 Å². The Labute approximate surface area is 177 Å². The van der Waals surface area contributed by atoms with Crippen molar-refractivity contribution in [2.45, 2.75) is 26.2 Å². The number of anilines is 2. The molecule has 0 saturated carbocycles. The fraction of sp³-hybridized carbons (Fsp3) is 0.154. The van der Waals surface area contributed by atoms with Crippen LogP contribution in [0.1, 0.15) is 58.2 Å². The van der Waals surface area contributed by atoms with E-state index >= 15 is 0 Å². The summed E-state index contributed by atoms with van der Waals surface area (Å²) in [6.07, 6.45) is 1.71. The lowest BCUT2D eigenvalue weighted by Crippen LogP contribution is -2.15. The molecule has 1 amide bonds. The van der Waals surface area contributed by atoms with Crippen LogP contribution in [0.3, 0.4) is 0 Å². The van der Waals surface area contributed by atoms with Gasteiger partial charge in [-0.05, 0) is 40.8 Å². The van der Waals surface area contributed by atoms with E-state index < -0.39 is 0 Å². The number of nitrogens with one attached hydrogen (secondary N) is 1. The number of nitrogen functional groups attached to an aromatic ring is 1. The number of benzene rings is 3. The molecule has 0 spiro atoms. The van der Waals surface area contributed by atoms with Crippen LogP contribution < -0.4 is 11.1 Å². The summed E-state index contributed by atoms with van der Waals surface area (Å²) in [4.78, 5) is 25.6. The van der Waals surface area contributed by atoms with Gasteiger partial charge < -0.3 is 11.1 Å². The van der Waals surface area contributed by atoms with Gasteiger partial charge in [0.15, 0.2) is 5.78 Å². The topological polar surface area (TPSA) is 72.2 Å². The molecule has 152 valence electrons. The SMILES string of the molecule is C=Cc1ccc(C(=O)Nc2cccc(C(=O)c3ccc(C(C)(C)C)cc3)c2N)cc1. The third-order valence-corrected chi connectivity index (χ3v) is 5.02. The second-order valence-electron chi connectivity index (χ2n) is 8.20. The quantitative estimate of drug-likeness (QED) is 0.428. The molecule has 0 aromatic heterocycles. The highest BCUT2D eigenvalue weighted by molar-refractivity contribution is 6.15. The molecule has 0 saturated heterocycles. The first-order valence-electron chi connectivity index (χ1n) is 9.78. The van der Waals surface area contributed by atoms with Crippen molar-refractivity contribution < 1.29 is 9.59 Å². The Morgan fingerprint density at radius 2 is 1.50 bits per heavy atom. The normalized spacial score (nSPS) is 11.0. The van der Waals surface area contributed by atoms with E-state index in [0.29, 0.717) is 22.4 Å². The number of carbonyl (C=O) groups is 2. The zero-order valence-electron chi connectivity index (χ0n) is 17.5. The molecule has 3 N–H and O–H groups in total. The number of amides is 1. The van der Waals surface area contributed by atoms with Crippen LogP contribution in [0.4, 0.5) is 11.4 Å². The molecule has 30 heavy (non-hydrogen) atoms. The summed E-state index contributed by atoms with van der Waals surface area (Å²) in [6.45, 7) is 10.1. The monoisotopic (exact) mass is 398 g/mol. The van der Waals surface area contributed by atoms with Crippen molar-refractivity contribution in [1.29, 1.82) is 0 Å². The van der Waals surface area contributed by atoms with Crippen LogP contribution in [-0.2, 0) is 5.41 Å². The van der Waals surface area contributed by atoms with E-state index in [0.717, 1.165) is 11.1 Å². The van der Waals surface area contributed by atoms with Crippen LogP contribution in [0.25, 0.3) is 6.08 Å². The predicted octanol–water partition coefficient (Wildman–Crippen LogP) is 5.69. The van der Waals surface area contributed by atoms with Crippen LogP contribution in [0, 0.1) is 0 Å². The van der Waals surface area contributed by atoms with E-state index in [2.05, 4.69) is 32.7 Å². The Morgan fingerprint density at radius 3 is 2.07 bits per heavy atom. The maximum Gasteiger partial charge on any atom is 0.255 e. The average Bonchev–Trinajstić information content (AvgIpc) is 2.74. The second-order valence-corrected chi connectivity index (χ2v) is 8.20. The number of hydrogen-bond donors (Lipinski definition) is 2. The first-order valence-corrected chi connectivity index (χ1v) is 9.78. The van der Waals surface area contributed by atoms with Crippen molar-refractivity contribution in [3.63, 3.8) is 0 Å². The molecular formula is C26H26N2O2. The van der Waals surface area contributed by atoms with Crippen molar-refractivity contribution in [3.05, 3.63) is 101 Å². The minimum absolute atomic E-state index is 0.00861. The van der Waals surface area contributed by atoms with Gasteiger partial charge in [0, 0.05) is 16.7 Å². The van der Waals surface area contributed by atoms with Gasteiger partial charge in [0.25, 0.3) is 5.91 Å². The van der Waals surface area contributed by atoms with Gasteiger partial charge in [-0.1, -0.05) is 75.9 Å². The molecule has 0 aliphatic rings. The third kappa shape index (κ3) is 4.49. The summed E-state index contributed by atoms with van der Waals surface area (Å²) in [5, 5.41) is 2.80. The maximum absolute atomic E-state index is 13.0. The summed E-state index contributed by atoms with van der Waals surface area (Å²) in [5.41, 5.74) is 10.4. The fourth-order valence-corrected chi connectivity index (χ4v) is 3.11. The summed E-state index contributed by atoms with van der Waals surface area (Å²) < 4.78 is 0. The lowest BCUT2D eigenvalue weighted by Gasteiger charge is -2.19. The van der Waals surface area contributed by atoms with Crippen LogP contribution >= 0.6 is 0 Å². The first-order chi connectivity index (χ1) is 14.2. The number of ketones is 1. The number of carbonyl (C=O) groups excluding carboxylic acids is 2. The summed E-state index contributed by atoms with van der Waals surface area (Å²) in [7, 11) is 0. The van der Waals surface area contributed by atoms with Crippen molar-refractivity contribution in [2.75, 3.05) is 11.1 Å². The van der Waals surface area contributed by atoms with Gasteiger partial charge in [0.2, 0.25) is 0 Å². The Hall–Kier alpha value is -3.66. The van der Waals surface area contributed by atoms with E-state index in [1.54, 1.807) is 36.4 Å². The highest BCUT2D eigenvalue weighted by Gasteiger charge is 2.18. The van der Waals surface area contributed by atoms with E-state index in [-0.39, 0.29) is 22.8 Å². The maximum atomic E-state index is 13.0. The minimum atomic E-state index is -0.295. The van der Waals surface area contributed by atoms with Crippen LogP contribution in [-0.4, -0.2) is 11.7 Å². The smallest absolute Gasteiger partial charge is 0.255 e. The number of nitrogens with two attached hydrogens (primary N) is 1. The lowest BCUT2D eigenvalue weighted by atomic mass is 9.86. The number of rotatable bonds is 5. The molecule has 4 nitrogen and oxygen atoms in total. The molecule has 0 bridgehead atoms. The molecule has 0 aliphatic carbocycles. The van der Waals surface area contributed by atoms with Crippen molar-refractivity contribution in [1.82, 2.24) is 0 Å². The van der Waals surface area contributed by atoms with E-state index in [1.165, 1.54) is 0 Å². The zero-order chi connectivity index (χ0) is 21.9. The van der Waals surface area contributed by atoms with Crippen LogP contribution in [0.2, 0.25) is 0 Å². The fourth-order valence-electron chi connectivity index (χ4n) is 3.11. The first kappa shape index (κ1) is 21.1. The lowest BCUT2D eigenvalue weighted by molar-refractivity contribution is 0.102. The molecular weight excluding hydrogens is 372 g/mol. The molecule has 0 aliphatic heterocycles. The summed E-state index contributed by atoms with van der Waals surface area (Å²) in [5.74, 6) is -0.476. The molecule has 4 heteroatoms. The molecule has 3 aromatic rings. The van der Waals surface area contributed by atoms with Crippen LogP contribution in [0.15, 0.2) is 73.3 Å². The molecule has 3 rings (SSSR count). The molecule has 0 unspecified atom stereocenters. The highest BCUT2D eigenvalue weighted by Crippen LogP contribution is 2.27. The van der Waals surface area contributed by atoms with Crippen LogP contribution in [0.5, 0.6) is 0 Å². The van der Waals surface area contributed by atoms with Gasteiger partial charge in [0.05, 0.1) is 11.4 Å². The molecule has 0 radical (unpaired) electrons. The Bertz CT molecular complexity index is 1090. The number of hydrogen-bond acceptors (Lipinski definition) is 3. The average molecular weight is 399 g/mol. The van der Waals surface area contributed by atoms with Gasteiger partial charge in [-0.15, -0.1) is 0 Å². The van der Waals surface area contributed by atoms with Crippen molar-refractivity contribution in [3.8, 4) is 0 Å². The van der Waals surface area contributed by atoms with E-state index in [4.69, 9.17) is 5.73 Å². The summed E-state index contributed by atoms with van der Waals surface area (Å²) >= 11 is 0. The Kier molecular flexibility index (Phi) is 5.88. The van der Waals surface area contributed by atoms with E-state index in [1.807, 2.05) is 36.4 Å². The predicted molar refractivity (Wildman–Crippen MR) is 124 cm³/mol. The molecule has 0 atom stereocenters. The van der Waals surface area contributed by atoms with Crippen molar-refractivity contribution >= 4 is 29.1 Å². The third-order valence-electron chi connectivity index (χ3n) is 5.02. The standard InChI is InChI=1S/C26H26N2O2/c1-5-17-9-11-19(12-10-17)25(30)28-22-8-6-7-21(23(22)27)24(29)18-13-15-20(16-14-18)26(2,3)4/h5-16H,1,27H2,2-4H3,(H,28,30).